The third kappa shape index (κ3) is 4.26. The smallest absolute Gasteiger partial charge is 0.373 e. The molecule has 0 unspecified atom stereocenters. The highest BCUT2D eigenvalue weighted by atomic mass is 32.2. The number of furan rings is 1. The van der Waals surface area contributed by atoms with Gasteiger partial charge in [0.05, 0.1) is 36.1 Å². The van der Waals surface area contributed by atoms with Crippen molar-refractivity contribution in [2.75, 3.05) is 11.8 Å². The number of aromatic nitrogens is 3. The summed E-state index contributed by atoms with van der Waals surface area (Å²) in [6.45, 7) is 0.224. The first kappa shape index (κ1) is 19.9. The number of esters is 1. The fourth-order valence-electron chi connectivity index (χ4n) is 2.65. The van der Waals surface area contributed by atoms with Gasteiger partial charge in [0, 0.05) is 12.4 Å². The van der Waals surface area contributed by atoms with Gasteiger partial charge < -0.3 is 9.15 Å². The van der Waals surface area contributed by atoms with Crippen LogP contribution in [0.25, 0.3) is 10.6 Å². The summed E-state index contributed by atoms with van der Waals surface area (Å²) in [6, 6.07) is 11.9. The number of ether oxygens (including phenoxy) is 1. The van der Waals surface area contributed by atoms with Crippen molar-refractivity contribution in [3.8, 4) is 10.6 Å². The number of nitrogens with one attached hydrogen (secondary N) is 1. The summed E-state index contributed by atoms with van der Waals surface area (Å²) in [6.07, 6.45) is 4.59. The molecule has 0 aliphatic rings. The Morgan fingerprint density at radius 2 is 2.10 bits per heavy atom. The van der Waals surface area contributed by atoms with Crippen LogP contribution in [0, 0.1) is 0 Å². The Balaban J connectivity index is 1.46. The van der Waals surface area contributed by atoms with Crippen molar-refractivity contribution >= 4 is 33.0 Å². The quantitative estimate of drug-likeness (QED) is 0.435. The van der Waals surface area contributed by atoms with Crippen LogP contribution in [0.3, 0.4) is 0 Å². The predicted octanol–water partition coefficient (Wildman–Crippen LogP) is 3.24. The van der Waals surface area contributed by atoms with Crippen molar-refractivity contribution in [1.82, 2.24) is 14.8 Å². The van der Waals surface area contributed by atoms with Gasteiger partial charge in [0.2, 0.25) is 5.76 Å². The third-order valence-corrected chi connectivity index (χ3v) is 7.00. The van der Waals surface area contributed by atoms with E-state index < -0.39 is 16.0 Å². The molecule has 0 aromatic carbocycles. The van der Waals surface area contributed by atoms with Crippen LogP contribution in [0.4, 0.5) is 5.69 Å². The summed E-state index contributed by atoms with van der Waals surface area (Å²) >= 11 is 1.13. The van der Waals surface area contributed by atoms with Gasteiger partial charge in [-0.2, -0.15) is 5.10 Å². The van der Waals surface area contributed by atoms with E-state index in [9.17, 15) is 13.2 Å². The molecule has 154 valence electrons. The minimum absolute atomic E-state index is 0.0852. The summed E-state index contributed by atoms with van der Waals surface area (Å²) < 4.78 is 39.6. The Labute approximate surface area is 176 Å². The van der Waals surface area contributed by atoms with Gasteiger partial charge in [-0.15, -0.1) is 11.3 Å². The molecule has 4 aromatic rings. The van der Waals surface area contributed by atoms with Crippen LogP contribution in [-0.2, 0) is 21.3 Å². The van der Waals surface area contributed by atoms with E-state index in [1.165, 1.54) is 30.3 Å². The first-order valence-electron chi connectivity index (χ1n) is 8.68. The lowest BCUT2D eigenvalue weighted by Gasteiger charge is -2.03. The highest BCUT2D eigenvalue weighted by Crippen LogP contribution is 2.30. The first-order chi connectivity index (χ1) is 14.4. The van der Waals surface area contributed by atoms with Crippen LogP contribution in [0.1, 0.15) is 16.3 Å². The number of anilines is 1. The molecule has 0 saturated carbocycles. The number of rotatable bonds is 7. The molecule has 0 fully saturated rings. The topological polar surface area (TPSA) is 116 Å². The number of carbonyl (C=O) groups excluding carboxylic acids is 1. The molecule has 4 heterocycles. The van der Waals surface area contributed by atoms with Crippen molar-refractivity contribution < 1.29 is 22.4 Å². The number of methoxy groups -OCH3 is 1. The van der Waals surface area contributed by atoms with Gasteiger partial charge >= 0.3 is 5.97 Å². The monoisotopic (exact) mass is 444 g/mol. The highest BCUT2D eigenvalue weighted by molar-refractivity contribution is 7.94. The van der Waals surface area contributed by atoms with Crippen molar-refractivity contribution in [2.45, 2.75) is 10.8 Å². The van der Waals surface area contributed by atoms with Gasteiger partial charge in [0.1, 0.15) is 9.97 Å². The molecule has 4 rings (SSSR count). The molecule has 0 bridgehead atoms. The van der Waals surface area contributed by atoms with E-state index in [0.717, 1.165) is 16.2 Å². The van der Waals surface area contributed by atoms with Gasteiger partial charge in [0.15, 0.2) is 0 Å². The van der Waals surface area contributed by atoms with E-state index in [4.69, 9.17) is 4.42 Å². The summed E-state index contributed by atoms with van der Waals surface area (Å²) in [4.78, 5) is 16.4. The lowest BCUT2D eigenvalue weighted by atomic mass is 10.3. The molecule has 0 saturated heterocycles. The van der Waals surface area contributed by atoms with E-state index in [-0.39, 0.29) is 16.5 Å². The highest BCUT2D eigenvalue weighted by Gasteiger charge is 2.19. The Kier molecular flexibility index (Phi) is 5.38. The largest absolute Gasteiger partial charge is 0.463 e. The molecule has 0 atom stereocenters. The fourth-order valence-corrected chi connectivity index (χ4v) is 4.96. The minimum Gasteiger partial charge on any atom is -0.463 e. The predicted molar refractivity (Wildman–Crippen MR) is 110 cm³/mol. The molecule has 11 heteroatoms. The Hall–Kier alpha value is -3.44. The zero-order valence-corrected chi connectivity index (χ0v) is 17.3. The summed E-state index contributed by atoms with van der Waals surface area (Å²) in [7, 11) is -2.50. The number of pyridine rings is 1. The Bertz CT molecular complexity index is 1280. The average molecular weight is 444 g/mol. The summed E-state index contributed by atoms with van der Waals surface area (Å²) in [5.74, 6) is -0.00987. The maximum Gasteiger partial charge on any atom is 0.373 e. The van der Waals surface area contributed by atoms with Crippen LogP contribution < -0.4 is 4.72 Å². The van der Waals surface area contributed by atoms with E-state index >= 15 is 0 Å². The average Bonchev–Trinajstić information content (AvgIpc) is 3.49. The Morgan fingerprint density at radius 1 is 1.23 bits per heavy atom. The van der Waals surface area contributed by atoms with Crippen LogP contribution in [0.15, 0.2) is 69.7 Å². The van der Waals surface area contributed by atoms with Gasteiger partial charge in [-0.3, -0.25) is 14.4 Å². The fraction of sp³-hybridized carbons (Fsp3) is 0.105. The van der Waals surface area contributed by atoms with Gasteiger partial charge in [-0.25, -0.2) is 13.2 Å². The summed E-state index contributed by atoms with van der Waals surface area (Å²) in [5.41, 5.74) is 1.02. The van der Waals surface area contributed by atoms with Crippen molar-refractivity contribution in [2.24, 2.45) is 0 Å². The van der Waals surface area contributed by atoms with E-state index in [1.807, 2.05) is 12.1 Å². The SMILES string of the molecule is COC(=O)c1ccc(Cn2cc(NS(=O)(=O)c3ccc(-c4ccccn4)s3)cn2)o1. The van der Waals surface area contributed by atoms with Crippen LogP contribution >= 0.6 is 11.3 Å². The van der Waals surface area contributed by atoms with Crippen molar-refractivity contribution in [1.29, 1.82) is 0 Å². The van der Waals surface area contributed by atoms with Crippen LogP contribution in [0.5, 0.6) is 0 Å². The molecule has 30 heavy (non-hydrogen) atoms. The number of sulfonamides is 1. The number of hydrogen-bond donors (Lipinski definition) is 1. The number of thiophene rings is 1. The number of nitrogens with zero attached hydrogens (tertiary/aromatic N) is 3. The molecule has 0 radical (unpaired) electrons. The minimum atomic E-state index is -3.77. The zero-order chi connectivity index (χ0) is 21.1. The third-order valence-electron chi connectivity index (χ3n) is 4.02. The number of hydrogen-bond acceptors (Lipinski definition) is 8. The van der Waals surface area contributed by atoms with Gasteiger partial charge in [0.25, 0.3) is 10.0 Å². The molecular formula is C19H16N4O5S2. The molecule has 4 aromatic heterocycles. The maximum absolute atomic E-state index is 12.7. The second-order valence-corrected chi connectivity index (χ2v) is 9.12. The summed E-state index contributed by atoms with van der Waals surface area (Å²) in [5, 5.41) is 4.12. The van der Waals surface area contributed by atoms with Crippen LogP contribution in [0.2, 0.25) is 0 Å². The molecule has 1 N–H and O–H groups in total. The second-order valence-electron chi connectivity index (χ2n) is 6.12. The van der Waals surface area contributed by atoms with E-state index in [2.05, 4.69) is 19.5 Å². The normalized spacial score (nSPS) is 11.4. The van der Waals surface area contributed by atoms with Crippen molar-refractivity contribution in [3.05, 3.63) is 72.6 Å². The second kappa shape index (κ2) is 8.13. The first-order valence-corrected chi connectivity index (χ1v) is 11.0. The lowest BCUT2D eigenvalue weighted by molar-refractivity contribution is 0.0562. The van der Waals surface area contributed by atoms with E-state index in [0.29, 0.717) is 17.1 Å². The van der Waals surface area contributed by atoms with Crippen molar-refractivity contribution in [3.63, 3.8) is 0 Å². The van der Waals surface area contributed by atoms with Crippen LogP contribution in [-0.4, -0.2) is 36.3 Å². The molecule has 0 aliphatic heterocycles. The number of carbonyl (C=O) groups is 1. The lowest BCUT2D eigenvalue weighted by Crippen LogP contribution is -2.10. The molecule has 9 nitrogen and oxygen atoms in total. The molecular weight excluding hydrogens is 428 g/mol. The molecule has 0 amide bonds. The van der Waals surface area contributed by atoms with E-state index in [1.54, 1.807) is 30.5 Å². The maximum atomic E-state index is 12.7. The molecule has 0 spiro atoms. The molecule has 0 aliphatic carbocycles. The Morgan fingerprint density at radius 3 is 2.87 bits per heavy atom. The van der Waals surface area contributed by atoms with Gasteiger partial charge in [-0.1, -0.05) is 6.07 Å². The zero-order valence-electron chi connectivity index (χ0n) is 15.7. The standard InChI is InChI=1S/C19H16N4O5S2/c1-27-19(24)16-6-5-14(28-16)12-23-11-13(10-21-23)22-30(25,26)18-8-7-17(29-18)15-4-2-3-9-20-15/h2-11,22H,12H2,1H3. The van der Waals surface area contributed by atoms with Gasteiger partial charge in [-0.05, 0) is 36.4 Å².